The first-order valence-electron chi connectivity index (χ1n) is 11.4. The number of hydrogen-bond acceptors (Lipinski definition) is 5. The number of imidazole rings is 1. The van der Waals surface area contributed by atoms with E-state index in [9.17, 15) is 44.7 Å². The number of anilines is 2. The van der Waals surface area contributed by atoms with Crippen LogP contribution in [-0.4, -0.2) is 53.3 Å². The summed E-state index contributed by atoms with van der Waals surface area (Å²) in [4.78, 5) is 28.5. The zero-order valence-corrected chi connectivity index (χ0v) is 22.6. The third kappa shape index (κ3) is 7.94. The van der Waals surface area contributed by atoms with E-state index in [4.69, 9.17) is 27.9 Å². The maximum atomic E-state index is 12.8. The van der Waals surface area contributed by atoms with Gasteiger partial charge in [0, 0.05) is 19.7 Å². The van der Waals surface area contributed by atoms with E-state index >= 15 is 0 Å². The molecule has 0 aliphatic carbocycles. The molecule has 0 unspecified atom stereocenters. The van der Waals surface area contributed by atoms with E-state index in [0.717, 1.165) is 12.1 Å². The molecule has 8 nitrogen and oxygen atoms in total. The predicted octanol–water partition coefficient (Wildman–Crippen LogP) is 6.29. The number of aryl methyl sites for hydroxylation is 1. The van der Waals surface area contributed by atoms with Gasteiger partial charge in [-0.25, -0.2) is 13.8 Å². The highest BCUT2D eigenvalue weighted by molar-refractivity contribution is 6.39. The van der Waals surface area contributed by atoms with E-state index in [2.05, 4.69) is 16.9 Å². The van der Waals surface area contributed by atoms with Gasteiger partial charge in [-0.1, -0.05) is 35.8 Å². The van der Waals surface area contributed by atoms with E-state index < -0.39 is 67.2 Å². The van der Waals surface area contributed by atoms with Crippen molar-refractivity contribution >= 4 is 57.7 Å². The van der Waals surface area contributed by atoms with Crippen molar-refractivity contribution in [3.05, 3.63) is 57.6 Å². The van der Waals surface area contributed by atoms with Crippen molar-refractivity contribution in [2.24, 2.45) is 7.05 Å². The Kier molecular flexibility index (Phi) is 9.82. The largest absolute Gasteiger partial charge is 0.487 e. The van der Waals surface area contributed by atoms with Crippen molar-refractivity contribution < 1.29 is 49.4 Å². The molecule has 1 heterocycles. The maximum absolute atomic E-state index is 12.8. The molecular formula is C24H19Cl2F8N5O3. The van der Waals surface area contributed by atoms with Crippen molar-refractivity contribution in [1.29, 1.82) is 0 Å². The van der Waals surface area contributed by atoms with E-state index in [1.165, 1.54) is 23.7 Å². The lowest BCUT2D eigenvalue weighted by Gasteiger charge is -2.15. The number of benzene rings is 2. The molecule has 0 bridgehead atoms. The zero-order chi connectivity index (χ0) is 31.6. The van der Waals surface area contributed by atoms with Gasteiger partial charge < -0.3 is 25.3 Å². The highest BCUT2D eigenvalue weighted by Gasteiger charge is 2.36. The third-order valence-electron chi connectivity index (χ3n) is 5.50. The topological polar surface area (TPSA) is 97.3 Å². The number of carbonyl (C=O) groups excluding carboxylic acids is 2. The molecular weight excluding hydrogens is 629 g/mol. The molecule has 42 heavy (non-hydrogen) atoms. The number of aromatic nitrogens is 2. The molecule has 0 aliphatic rings. The molecule has 0 saturated heterocycles. The van der Waals surface area contributed by atoms with Crippen molar-refractivity contribution in [1.82, 2.24) is 20.2 Å². The summed E-state index contributed by atoms with van der Waals surface area (Å²) in [5.74, 6) is -3.18. The van der Waals surface area contributed by atoms with E-state index in [-0.39, 0.29) is 38.3 Å². The van der Waals surface area contributed by atoms with Gasteiger partial charge in [-0.15, -0.1) is 0 Å². The second kappa shape index (κ2) is 12.6. The highest BCUT2D eigenvalue weighted by Crippen LogP contribution is 2.37. The summed E-state index contributed by atoms with van der Waals surface area (Å²) in [6.07, 6.45) is -12.6. The molecule has 2 amide bonds. The van der Waals surface area contributed by atoms with Gasteiger partial charge in [-0.2, -0.15) is 26.3 Å². The monoisotopic (exact) mass is 647 g/mol. The fourth-order valence-corrected chi connectivity index (χ4v) is 3.96. The number of rotatable bonds is 10. The average molecular weight is 648 g/mol. The quantitative estimate of drug-likeness (QED) is 0.177. The summed E-state index contributed by atoms with van der Waals surface area (Å²) in [6.45, 7) is -0.578. The first kappa shape index (κ1) is 32.7. The van der Waals surface area contributed by atoms with Gasteiger partial charge in [0.15, 0.2) is 0 Å². The minimum atomic E-state index is -4.94. The van der Waals surface area contributed by atoms with Crippen LogP contribution in [0.15, 0.2) is 36.4 Å². The molecule has 0 atom stereocenters. The van der Waals surface area contributed by atoms with Crippen molar-refractivity contribution in [2.45, 2.75) is 25.3 Å². The Morgan fingerprint density at radius 2 is 1.76 bits per heavy atom. The summed E-state index contributed by atoms with van der Waals surface area (Å²) in [5, 5.41) is 6.39. The maximum Gasteiger partial charge on any atom is 0.421 e. The Bertz CT molecular complexity index is 1520. The predicted molar refractivity (Wildman–Crippen MR) is 137 cm³/mol. The van der Waals surface area contributed by atoms with Crippen molar-refractivity contribution in [2.75, 3.05) is 18.5 Å². The van der Waals surface area contributed by atoms with Crippen LogP contribution in [0.5, 0.6) is 5.75 Å². The Morgan fingerprint density at radius 1 is 1.10 bits per heavy atom. The Labute approximate surface area is 241 Å². The summed E-state index contributed by atoms with van der Waals surface area (Å²) >= 11 is 12.6. The summed E-state index contributed by atoms with van der Waals surface area (Å²) in [6, 6.07) is 4.84. The van der Waals surface area contributed by atoms with Crippen LogP contribution in [0.25, 0.3) is 11.0 Å². The third-order valence-corrected chi connectivity index (χ3v) is 6.25. The zero-order valence-electron chi connectivity index (χ0n) is 21.1. The highest BCUT2D eigenvalue weighted by atomic mass is 35.5. The van der Waals surface area contributed by atoms with Gasteiger partial charge in [0.1, 0.15) is 24.5 Å². The molecule has 0 saturated carbocycles. The van der Waals surface area contributed by atoms with Crippen LogP contribution in [0.1, 0.15) is 15.9 Å². The van der Waals surface area contributed by atoms with Gasteiger partial charge in [-0.05, 0) is 17.7 Å². The summed E-state index contributed by atoms with van der Waals surface area (Å²) in [7, 11) is 1.45. The first-order valence-corrected chi connectivity index (χ1v) is 12.2. The number of nitrogens with one attached hydrogen (secondary N) is 3. The second-order valence-electron chi connectivity index (χ2n) is 8.51. The average Bonchev–Trinajstić information content (AvgIpc) is 3.19. The summed E-state index contributed by atoms with van der Waals surface area (Å²) < 4.78 is 108. The smallest absolute Gasteiger partial charge is 0.421 e. The molecule has 3 rings (SSSR count). The van der Waals surface area contributed by atoms with E-state index in [1.807, 2.05) is 5.32 Å². The van der Waals surface area contributed by atoms with Crippen LogP contribution in [0.3, 0.4) is 0 Å². The molecule has 0 fully saturated rings. The van der Waals surface area contributed by atoms with E-state index in [0.29, 0.717) is 0 Å². The van der Waals surface area contributed by atoms with Crippen LogP contribution in [0.2, 0.25) is 10.0 Å². The number of halogens is 10. The standard InChI is InChI=1S/C24H19Cl2F8N5O3/c1-10(24(32,33)34)20(40)35-7-11-3-4-13(25)19(18(11)26)38-22-37-14-5-12(21(41)36-9-23(29,30)31)16(42-8-17(27)28)6-15(14)39(22)2/h3-6,17H,1,7-9H2,2H3,(H,35,40)(H,36,41)(H,37,38). The van der Waals surface area contributed by atoms with Gasteiger partial charge in [0.05, 0.1) is 32.3 Å². The number of fused-ring (bicyclic) bond motifs is 1. The Balaban J connectivity index is 1.95. The molecule has 0 aliphatic heterocycles. The molecule has 0 spiro atoms. The molecule has 18 heteroatoms. The molecule has 228 valence electrons. The van der Waals surface area contributed by atoms with Crippen LogP contribution in [0.4, 0.5) is 46.8 Å². The fraction of sp³-hybridized carbons (Fsp3) is 0.292. The normalized spacial score (nSPS) is 12.0. The van der Waals surface area contributed by atoms with Crippen LogP contribution >= 0.6 is 23.2 Å². The van der Waals surface area contributed by atoms with E-state index in [1.54, 1.807) is 5.32 Å². The number of carbonyl (C=O) groups is 2. The van der Waals surface area contributed by atoms with Crippen LogP contribution in [0, 0.1) is 0 Å². The van der Waals surface area contributed by atoms with Gasteiger partial charge in [-0.3, -0.25) is 9.59 Å². The summed E-state index contributed by atoms with van der Waals surface area (Å²) in [5.41, 5.74) is -1.73. The lowest BCUT2D eigenvalue weighted by Crippen LogP contribution is -2.34. The van der Waals surface area contributed by atoms with Crippen LogP contribution in [-0.2, 0) is 18.4 Å². The minimum Gasteiger partial charge on any atom is -0.487 e. The Morgan fingerprint density at radius 3 is 2.36 bits per heavy atom. The van der Waals surface area contributed by atoms with Gasteiger partial charge >= 0.3 is 12.4 Å². The lowest BCUT2D eigenvalue weighted by molar-refractivity contribution is -0.130. The fourth-order valence-electron chi connectivity index (χ4n) is 3.43. The number of alkyl halides is 8. The number of nitrogens with zero attached hydrogens (tertiary/aromatic N) is 2. The van der Waals surface area contributed by atoms with Crippen molar-refractivity contribution in [3.8, 4) is 5.75 Å². The molecule has 2 aromatic carbocycles. The SMILES string of the molecule is C=C(C(=O)NCc1ccc(Cl)c(Nc2nc3cc(C(=O)NCC(F)(F)F)c(OCC(F)F)cc3n2C)c1Cl)C(F)(F)F. The minimum absolute atomic E-state index is 0.00639. The molecule has 0 radical (unpaired) electrons. The number of amides is 2. The molecule has 3 aromatic rings. The number of hydrogen-bond donors (Lipinski definition) is 3. The van der Waals surface area contributed by atoms with Gasteiger partial charge in [0.25, 0.3) is 18.2 Å². The lowest BCUT2D eigenvalue weighted by atomic mass is 10.1. The first-order chi connectivity index (χ1) is 19.4. The molecule has 3 N–H and O–H groups in total. The molecule has 1 aromatic heterocycles. The van der Waals surface area contributed by atoms with Gasteiger partial charge in [0.2, 0.25) is 5.95 Å². The second-order valence-corrected chi connectivity index (χ2v) is 9.30. The van der Waals surface area contributed by atoms with Crippen LogP contribution < -0.4 is 20.7 Å². The Hall–Kier alpha value is -3.79. The van der Waals surface area contributed by atoms with Crippen molar-refractivity contribution in [3.63, 3.8) is 0 Å². The number of ether oxygens (including phenoxy) is 1.